The number of hydrogen-bond acceptors (Lipinski definition) is 3. The van der Waals surface area contributed by atoms with Crippen LogP contribution in [0.2, 0.25) is 0 Å². The first-order valence-corrected chi connectivity index (χ1v) is 5.93. The van der Waals surface area contributed by atoms with Gasteiger partial charge in [0.1, 0.15) is 5.82 Å². The number of hydrogen-bond donors (Lipinski definition) is 2. The molecule has 0 atom stereocenters. The van der Waals surface area contributed by atoms with Gasteiger partial charge in [-0.15, -0.1) is 0 Å². The summed E-state index contributed by atoms with van der Waals surface area (Å²) in [6, 6.07) is 0.408. The van der Waals surface area contributed by atoms with Crippen LogP contribution in [0.15, 0.2) is 0 Å². The van der Waals surface area contributed by atoms with Crippen LogP contribution in [0.3, 0.4) is 0 Å². The van der Waals surface area contributed by atoms with Crippen molar-refractivity contribution in [2.45, 2.75) is 46.1 Å². The Labute approximate surface area is 95.0 Å². The summed E-state index contributed by atoms with van der Waals surface area (Å²) < 4.78 is 2.01. The topological polar surface area (TPSA) is 72.5 Å². The van der Waals surface area contributed by atoms with E-state index in [9.17, 15) is 0 Å². The van der Waals surface area contributed by atoms with Gasteiger partial charge >= 0.3 is 0 Å². The third-order valence-corrected chi connectivity index (χ3v) is 3.13. The molecule has 0 bridgehead atoms. The Morgan fingerprint density at radius 2 is 2.00 bits per heavy atom. The van der Waals surface area contributed by atoms with E-state index in [1.54, 1.807) is 0 Å². The van der Waals surface area contributed by atoms with Crippen LogP contribution in [-0.2, 0) is 6.42 Å². The summed E-state index contributed by atoms with van der Waals surface area (Å²) in [4.78, 5) is 0. The van der Waals surface area contributed by atoms with Crippen molar-refractivity contribution in [2.24, 2.45) is 0 Å². The smallest absolute Gasteiger partial charge is 0.182 e. The van der Waals surface area contributed by atoms with Crippen LogP contribution in [0.5, 0.6) is 0 Å². The third kappa shape index (κ3) is 1.47. The van der Waals surface area contributed by atoms with Gasteiger partial charge in [-0.05, 0) is 19.3 Å². The standard InChI is InChI=1S/C11H19N5/c1-4-7(5-2)16-11-9(8(6-3)15-16)10(12)13-14-11/h7H,4-6H2,1-3H3,(H3,12,13,14). The van der Waals surface area contributed by atoms with E-state index in [2.05, 4.69) is 36.1 Å². The molecule has 0 aliphatic carbocycles. The van der Waals surface area contributed by atoms with Gasteiger partial charge in [-0.2, -0.15) is 10.2 Å². The average Bonchev–Trinajstić information content (AvgIpc) is 2.83. The van der Waals surface area contributed by atoms with Gasteiger partial charge in [-0.1, -0.05) is 20.8 Å². The van der Waals surface area contributed by atoms with E-state index in [1.165, 1.54) is 0 Å². The van der Waals surface area contributed by atoms with E-state index in [0.29, 0.717) is 11.9 Å². The first kappa shape index (κ1) is 11.0. The van der Waals surface area contributed by atoms with E-state index in [4.69, 9.17) is 5.73 Å². The fraction of sp³-hybridized carbons (Fsp3) is 0.636. The van der Waals surface area contributed by atoms with E-state index in [0.717, 1.165) is 36.0 Å². The lowest BCUT2D eigenvalue weighted by molar-refractivity contribution is 0.435. The molecule has 5 nitrogen and oxygen atoms in total. The molecule has 0 fully saturated rings. The van der Waals surface area contributed by atoms with Gasteiger partial charge in [0, 0.05) is 0 Å². The van der Waals surface area contributed by atoms with Crippen LogP contribution in [0.25, 0.3) is 11.0 Å². The molecule has 0 aliphatic rings. The molecule has 2 aromatic rings. The van der Waals surface area contributed by atoms with Crippen LogP contribution in [0.4, 0.5) is 5.82 Å². The lowest BCUT2D eigenvalue weighted by atomic mass is 10.2. The van der Waals surface area contributed by atoms with Gasteiger partial charge in [0.25, 0.3) is 0 Å². The van der Waals surface area contributed by atoms with Crippen LogP contribution in [0, 0.1) is 0 Å². The van der Waals surface area contributed by atoms with Crippen molar-refractivity contribution < 1.29 is 0 Å². The molecular formula is C11H19N5. The second kappa shape index (κ2) is 4.15. The molecule has 0 aliphatic heterocycles. The van der Waals surface area contributed by atoms with Crippen LogP contribution >= 0.6 is 0 Å². The Hall–Kier alpha value is -1.52. The Morgan fingerprint density at radius 1 is 1.31 bits per heavy atom. The first-order valence-electron chi connectivity index (χ1n) is 5.93. The number of aromatic amines is 1. The van der Waals surface area contributed by atoms with Crippen LogP contribution < -0.4 is 5.73 Å². The predicted molar refractivity (Wildman–Crippen MR) is 65.3 cm³/mol. The Kier molecular flexibility index (Phi) is 2.85. The Bertz CT molecular complexity index is 478. The highest BCUT2D eigenvalue weighted by Crippen LogP contribution is 2.27. The van der Waals surface area contributed by atoms with Crippen molar-refractivity contribution in [2.75, 3.05) is 5.73 Å². The second-order valence-electron chi connectivity index (χ2n) is 4.05. The normalized spacial score (nSPS) is 11.8. The van der Waals surface area contributed by atoms with Gasteiger partial charge in [-0.3, -0.25) is 5.10 Å². The maximum Gasteiger partial charge on any atom is 0.182 e. The monoisotopic (exact) mass is 221 g/mol. The largest absolute Gasteiger partial charge is 0.383 e. The molecule has 2 rings (SSSR count). The van der Waals surface area contributed by atoms with Gasteiger partial charge < -0.3 is 5.73 Å². The zero-order valence-corrected chi connectivity index (χ0v) is 10.1. The van der Waals surface area contributed by atoms with Crippen molar-refractivity contribution >= 4 is 16.9 Å². The summed E-state index contributed by atoms with van der Waals surface area (Å²) in [6.07, 6.45) is 3.00. The second-order valence-corrected chi connectivity index (χ2v) is 4.05. The summed E-state index contributed by atoms with van der Waals surface area (Å²) >= 11 is 0. The molecule has 0 radical (unpaired) electrons. The average molecular weight is 221 g/mol. The predicted octanol–water partition coefficient (Wildman–Crippen LogP) is 2.27. The number of nitrogens with two attached hydrogens (primary N) is 1. The van der Waals surface area contributed by atoms with Crippen LogP contribution in [-0.4, -0.2) is 20.0 Å². The lowest BCUT2D eigenvalue weighted by Crippen LogP contribution is -2.09. The molecule has 0 unspecified atom stereocenters. The van der Waals surface area contributed by atoms with Crippen molar-refractivity contribution in [3.05, 3.63) is 5.69 Å². The number of nitrogens with one attached hydrogen (secondary N) is 1. The molecule has 0 aromatic carbocycles. The number of fused-ring (bicyclic) bond motifs is 1. The van der Waals surface area contributed by atoms with Gasteiger partial charge in [0.15, 0.2) is 5.65 Å². The van der Waals surface area contributed by atoms with E-state index < -0.39 is 0 Å². The molecule has 0 saturated carbocycles. The third-order valence-electron chi connectivity index (χ3n) is 3.13. The molecule has 3 N–H and O–H groups in total. The molecule has 0 amide bonds. The Morgan fingerprint density at radius 3 is 2.56 bits per heavy atom. The highest BCUT2D eigenvalue weighted by molar-refractivity contribution is 5.89. The zero-order chi connectivity index (χ0) is 11.7. The van der Waals surface area contributed by atoms with Gasteiger partial charge in [0.05, 0.1) is 17.1 Å². The molecule has 0 spiro atoms. The van der Waals surface area contributed by atoms with E-state index >= 15 is 0 Å². The maximum atomic E-state index is 5.88. The Balaban J connectivity index is 2.61. The fourth-order valence-corrected chi connectivity index (χ4v) is 2.16. The summed E-state index contributed by atoms with van der Waals surface area (Å²) in [5, 5.41) is 12.7. The van der Waals surface area contributed by atoms with Crippen LogP contribution in [0.1, 0.15) is 45.3 Å². The highest BCUT2D eigenvalue weighted by Gasteiger charge is 2.19. The quantitative estimate of drug-likeness (QED) is 0.831. The molecule has 0 saturated heterocycles. The summed E-state index contributed by atoms with van der Waals surface area (Å²) in [7, 11) is 0. The first-order chi connectivity index (χ1) is 7.72. The maximum absolute atomic E-state index is 5.88. The number of H-pyrrole nitrogens is 1. The lowest BCUT2D eigenvalue weighted by Gasteiger charge is -2.12. The number of nitrogens with zero attached hydrogens (tertiary/aromatic N) is 3. The van der Waals surface area contributed by atoms with Gasteiger partial charge in [-0.25, -0.2) is 4.68 Å². The minimum Gasteiger partial charge on any atom is -0.383 e. The molecule has 16 heavy (non-hydrogen) atoms. The van der Waals surface area contributed by atoms with E-state index in [-0.39, 0.29) is 0 Å². The number of aryl methyl sites for hydroxylation is 1. The molecule has 2 aromatic heterocycles. The summed E-state index contributed by atoms with van der Waals surface area (Å²) in [6.45, 7) is 6.43. The van der Waals surface area contributed by atoms with Crippen molar-refractivity contribution in [3.8, 4) is 0 Å². The summed E-state index contributed by atoms with van der Waals surface area (Å²) in [5.74, 6) is 0.629. The number of anilines is 1. The van der Waals surface area contributed by atoms with Gasteiger partial charge in [0.2, 0.25) is 0 Å². The minimum absolute atomic E-state index is 0.408. The zero-order valence-electron chi connectivity index (χ0n) is 10.1. The highest BCUT2D eigenvalue weighted by atomic mass is 15.4. The molecular weight excluding hydrogens is 202 g/mol. The number of nitrogen functional groups attached to an aromatic ring is 1. The fourth-order valence-electron chi connectivity index (χ4n) is 2.16. The minimum atomic E-state index is 0.408. The molecule has 2 heterocycles. The number of aromatic nitrogens is 4. The van der Waals surface area contributed by atoms with E-state index in [1.807, 2.05) is 4.68 Å². The van der Waals surface area contributed by atoms with Crippen molar-refractivity contribution in [1.29, 1.82) is 0 Å². The summed E-state index contributed by atoms with van der Waals surface area (Å²) in [5.41, 5.74) is 7.80. The SMILES string of the molecule is CCc1nn(C(CC)CC)c2n[nH]c(N)c12. The molecule has 88 valence electrons. The van der Waals surface area contributed by atoms with Crippen molar-refractivity contribution in [1.82, 2.24) is 20.0 Å². The number of rotatable bonds is 4. The van der Waals surface area contributed by atoms with Crippen molar-refractivity contribution in [3.63, 3.8) is 0 Å². The molecule has 5 heteroatoms.